The van der Waals surface area contributed by atoms with Crippen molar-refractivity contribution in [2.45, 2.75) is 0 Å². The molecule has 4 heteroatoms. The molecule has 2 heterocycles. The Hall–Kier alpha value is -7.43. The highest BCUT2D eigenvalue weighted by Gasteiger charge is 2.16. The average molecular weight is 702 g/mol. The Morgan fingerprint density at radius 2 is 0.836 bits per heavy atom. The topological polar surface area (TPSA) is 51.8 Å². The van der Waals surface area contributed by atoms with Crippen LogP contribution in [0, 0.1) is 0 Å². The fourth-order valence-electron chi connectivity index (χ4n) is 7.86. The summed E-state index contributed by atoms with van der Waals surface area (Å²) < 4.78 is 6.26. The molecule has 0 aliphatic carbocycles. The minimum atomic E-state index is 0.614. The lowest BCUT2D eigenvalue weighted by molar-refractivity contribution is 0.669. The van der Waals surface area contributed by atoms with Crippen LogP contribution in [0.5, 0.6) is 0 Å². The molecule has 4 nitrogen and oxygen atoms in total. The number of benzene rings is 9. The van der Waals surface area contributed by atoms with Crippen molar-refractivity contribution in [2.24, 2.45) is 0 Å². The third kappa shape index (κ3) is 5.51. The molecule has 256 valence electrons. The van der Waals surface area contributed by atoms with E-state index >= 15 is 0 Å². The van der Waals surface area contributed by atoms with Gasteiger partial charge in [0, 0.05) is 27.5 Å². The van der Waals surface area contributed by atoms with Crippen LogP contribution in [-0.2, 0) is 0 Å². The molecule has 55 heavy (non-hydrogen) atoms. The first kappa shape index (κ1) is 31.1. The Labute approximate surface area is 317 Å². The second-order valence-electron chi connectivity index (χ2n) is 14.1. The first-order chi connectivity index (χ1) is 27.2. The average Bonchev–Trinajstić information content (AvgIpc) is 3.62. The second-order valence-corrected chi connectivity index (χ2v) is 14.1. The van der Waals surface area contributed by atoms with Crippen LogP contribution in [0.3, 0.4) is 0 Å². The second kappa shape index (κ2) is 12.6. The van der Waals surface area contributed by atoms with E-state index in [1.165, 1.54) is 27.6 Å². The van der Waals surface area contributed by atoms with Gasteiger partial charge in [-0.2, -0.15) is 0 Å². The van der Waals surface area contributed by atoms with E-state index in [0.717, 1.165) is 65.6 Å². The molecule has 0 amide bonds. The molecule has 2 aromatic heterocycles. The van der Waals surface area contributed by atoms with Gasteiger partial charge in [0.2, 0.25) is 0 Å². The number of nitrogens with zero attached hydrogens (tertiary/aromatic N) is 3. The fraction of sp³-hybridized carbons (Fsp3) is 0. The lowest BCUT2D eigenvalue weighted by Crippen LogP contribution is -2.00. The van der Waals surface area contributed by atoms with Gasteiger partial charge in [-0.3, -0.25) is 0 Å². The Balaban J connectivity index is 1.08. The van der Waals surface area contributed by atoms with Crippen LogP contribution in [0.4, 0.5) is 0 Å². The minimum Gasteiger partial charge on any atom is -0.456 e. The molecule has 0 fully saturated rings. The molecule has 0 saturated carbocycles. The van der Waals surface area contributed by atoms with Crippen molar-refractivity contribution in [3.63, 3.8) is 0 Å². The minimum absolute atomic E-state index is 0.614. The van der Waals surface area contributed by atoms with Gasteiger partial charge >= 0.3 is 0 Å². The van der Waals surface area contributed by atoms with Gasteiger partial charge in [0.25, 0.3) is 0 Å². The molecule has 0 N–H and O–H groups in total. The van der Waals surface area contributed by atoms with Crippen molar-refractivity contribution in [3.05, 3.63) is 188 Å². The van der Waals surface area contributed by atoms with Crippen LogP contribution in [0.2, 0.25) is 0 Å². The summed E-state index contributed by atoms with van der Waals surface area (Å²) >= 11 is 0. The Morgan fingerprint density at radius 3 is 1.56 bits per heavy atom. The van der Waals surface area contributed by atoms with Crippen molar-refractivity contribution in [3.8, 4) is 56.4 Å². The zero-order valence-electron chi connectivity index (χ0n) is 29.6. The quantitative estimate of drug-likeness (QED) is 0.179. The van der Waals surface area contributed by atoms with Crippen LogP contribution >= 0.6 is 0 Å². The van der Waals surface area contributed by atoms with E-state index in [0.29, 0.717) is 17.5 Å². The van der Waals surface area contributed by atoms with Crippen LogP contribution in [-0.4, -0.2) is 15.0 Å². The summed E-state index contributed by atoms with van der Waals surface area (Å²) in [6.45, 7) is 0. The van der Waals surface area contributed by atoms with Crippen molar-refractivity contribution in [2.75, 3.05) is 0 Å². The molecule has 0 aliphatic heterocycles. The third-order valence-corrected chi connectivity index (χ3v) is 10.7. The highest BCUT2D eigenvalue weighted by molar-refractivity contribution is 6.10. The molecule has 0 aliphatic rings. The summed E-state index contributed by atoms with van der Waals surface area (Å²) in [6, 6.07) is 66.0. The van der Waals surface area contributed by atoms with Crippen LogP contribution < -0.4 is 0 Å². The van der Waals surface area contributed by atoms with Crippen LogP contribution in [0.25, 0.3) is 111 Å². The van der Waals surface area contributed by atoms with E-state index in [-0.39, 0.29) is 0 Å². The molecule has 0 saturated heterocycles. The Bertz CT molecular complexity index is 3230. The monoisotopic (exact) mass is 701 g/mol. The smallest absolute Gasteiger partial charge is 0.164 e. The van der Waals surface area contributed by atoms with E-state index in [1.54, 1.807) is 0 Å². The number of rotatable bonds is 5. The van der Waals surface area contributed by atoms with Gasteiger partial charge < -0.3 is 4.42 Å². The molecular formula is C51H31N3O. The highest BCUT2D eigenvalue weighted by Crippen LogP contribution is 2.36. The maximum atomic E-state index is 6.26. The zero-order valence-corrected chi connectivity index (χ0v) is 29.6. The molecule has 0 bridgehead atoms. The molecular weight excluding hydrogens is 671 g/mol. The van der Waals surface area contributed by atoms with Gasteiger partial charge in [-0.1, -0.05) is 146 Å². The number of hydrogen-bond donors (Lipinski definition) is 0. The number of aromatic nitrogens is 3. The van der Waals surface area contributed by atoms with Crippen LogP contribution in [0.1, 0.15) is 0 Å². The lowest BCUT2D eigenvalue weighted by atomic mass is 9.97. The van der Waals surface area contributed by atoms with Gasteiger partial charge in [-0.15, -0.1) is 0 Å². The summed E-state index contributed by atoms with van der Waals surface area (Å²) in [7, 11) is 0. The summed E-state index contributed by atoms with van der Waals surface area (Å²) in [5.74, 6) is 1.86. The number of furan rings is 1. The lowest BCUT2D eigenvalue weighted by Gasteiger charge is -2.12. The predicted molar refractivity (Wildman–Crippen MR) is 227 cm³/mol. The maximum Gasteiger partial charge on any atom is 0.164 e. The summed E-state index contributed by atoms with van der Waals surface area (Å²) in [5, 5.41) is 9.02. The van der Waals surface area contributed by atoms with Crippen molar-refractivity contribution >= 4 is 54.3 Å². The predicted octanol–water partition coefficient (Wildman–Crippen LogP) is 13.6. The van der Waals surface area contributed by atoms with Crippen molar-refractivity contribution in [1.82, 2.24) is 15.0 Å². The van der Waals surface area contributed by atoms with E-state index < -0.39 is 0 Å². The zero-order chi connectivity index (χ0) is 36.3. The van der Waals surface area contributed by atoms with Crippen LogP contribution in [0.15, 0.2) is 192 Å². The van der Waals surface area contributed by atoms with Gasteiger partial charge in [0.05, 0.1) is 0 Å². The number of fused-ring (bicyclic) bond motifs is 6. The SMILES string of the molecule is c1ccc(-c2ccc3ccc(-c4nc(-c5ccc6cc7c(cc6c5)oc5ccccc57)nc(-c5ccc6c(-c7ccccc7)cccc6c5)n4)cc3c2)cc1. The highest BCUT2D eigenvalue weighted by atomic mass is 16.3. The molecule has 9 aromatic carbocycles. The standard InChI is InChI=1S/C51H31N3O/c1-3-10-32(11-4-1)35-20-18-33-19-22-38(28-41(33)26-35)49-52-50(39-23-21-36-30-46-45-15-7-8-17-47(45)55-48(46)31-42(36)29-39)54-51(53-49)40-24-25-44-37(27-40)14-9-16-43(44)34-12-5-2-6-13-34/h1-31H. The maximum absolute atomic E-state index is 6.26. The normalized spacial score (nSPS) is 11.6. The van der Waals surface area contributed by atoms with Crippen molar-refractivity contribution in [1.29, 1.82) is 0 Å². The number of para-hydroxylation sites is 1. The van der Waals surface area contributed by atoms with Gasteiger partial charge in [-0.25, -0.2) is 15.0 Å². The molecule has 0 spiro atoms. The first-order valence-electron chi connectivity index (χ1n) is 18.5. The van der Waals surface area contributed by atoms with E-state index in [2.05, 4.69) is 170 Å². The molecule has 0 radical (unpaired) electrons. The first-order valence-corrected chi connectivity index (χ1v) is 18.5. The van der Waals surface area contributed by atoms with E-state index in [9.17, 15) is 0 Å². The summed E-state index contributed by atoms with van der Waals surface area (Å²) in [6.07, 6.45) is 0. The number of hydrogen-bond acceptors (Lipinski definition) is 4. The largest absolute Gasteiger partial charge is 0.456 e. The molecule has 0 unspecified atom stereocenters. The Morgan fingerprint density at radius 1 is 0.273 bits per heavy atom. The van der Waals surface area contributed by atoms with Crippen molar-refractivity contribution < 1.29 is 4.42 Å². The van der Waals surface area contributed by atoms with E-state index in [4.69, 9.17) is 19.4 Å². The fourth-order valence-corrected chi connectivity index (χ4v) is 7.86. The van der Waals surface area contributed by atoms with Gasteiger partial charge in [0.15, 0.2) is 17.5 Å². The molecule has 0 atom stereocenters. The van der Waals surface area contributed by atoms with Gasteiger partial charge in [0.1, 0.15) is 11.2 Å². The molecule has 11 rings (SSSR count). The Kier molecular flexibility index (Phi) is 7.14. The molecule has 11 aromatic rings. The van der Waals surface area contributed by atoms with Gasteiger partial charge in [-0.05, 0) is 97.0 Å². The summed E-state index contributed by atoms with van der Waals surface area (Å²) in [4.78, 5) is 15.5. The summed E-state index contributed by atoms with van der Waals surface area (Å²) in [5.41, 5.74) is 9.25. The third-order valence-electron chi connectivity index (χ3n) is 10.7. The van der Waals surface area contributed by atoms with E-state index in [1.807, 2.05) is 18.2 Å².